The fraction of sp³-hybridized carbons (Fsp3) is 0.150. The Morgan fingerprint density at radius 2 is 1.87 bits per heavy atom. The molecule has 1 fully saturated rings. The Morgan fingerprint density at radius 1 is 1.13 bits per heavy atom. The van der Waals surface area contributed by atoms with Crippen LogP contribution in [0.25, 0.3) is 6.08 Å². The summed E-state index contributed by atoms with van der Waals surface area (Å²) in [6.07, 6.45) is 1.52. The number of hydrogen-bond acceptors (Lipinski definition) is 6. The van der Waals surface area contributed by atoms with Crippen molar-refractivity contribution in [2.24, 2.45) is 5.73 Å². The molecule has 162 valence electrons. The van der Waals surface area contributed by atoms with Gasteiger partial charge in [0, 0.05) is 0 Å². The maximum Gasteiger partial charge on any atom is 0.293 e. The summed E-state index contributed by atoms with van der Waals surface area (Å²) in [5.41, 5.74) is 6.26. The Morgan fingerprint density at radius 3 is 2.52 bits per heavy atom. The standard InChI is InChI=1S/C20H15Cl3N2O5S/c1-29-15-6-11(5-14(23)18(15)30-9-17(24)26)7-16-19(27)25(20(28)31-16)8-10-2-3-12(21)13(22)4-10/h2-7H,8-9H2,1H3,(H2,24,26)/b16-7-. The molecule has 1 aliphatic heterocycles. The minimum atomic E-state index is -0.669. The molecule has 0 atom stereocenters. The summed E-state index contributed by atoms with van der Waals surface area (Å²) >= 11 is 18.9. The lowest BCUT2D eigenvalue weighted by molar-refractivity contribution is -0.123. The monoisotopic (exact) mass is 500 g/mol. The van der Waals surface area contributed by atoms with E-state index < -0.39 is 17.1 Å². The molecular weight excluding hydrogens is 487 g/mol. The van der Waals surface area contributed by atoms with Gasteiger partial charge in [-0.25, -0.2) is 0 Å². The van der Waals surface area contributed by atoms with E-state index in [0.717, 1.165) is 16.7 Å². The number of amides is 3. The lowest BCUT2D eigenvalue weighted by atomic mass is 10.1. The third kappa shape index (κ3) is 5.46. The van der Waals surface area contributed by atoms with Crippen LogP contribution in [-0.4, -0.2) is 35.7 Å². The number of imide groups is 1. The number of carbonyl (C=O) groups is 3. The van der Waals surface area contributed by atoms with Gasteiger partial charge in [-0.3, -0.25) is 19.3 Å². The van der Waals surface area contributed by atoms with E-state index in [-0.39, 0.29) is 34.6 Å². The first-order valence-electron chi connectivity index (χ1n) is 8.67. The number of benzene rings is 2. The molecule has 11 heteroatoms. The topological polar surface area (TPSA) is 98.9 Å². The summed E-state index contributed by atoms with van der Waals surface area (Å²) in [5, 5.41) is 0.458. The Balaban J connectivity index is 1.84. The molecule has 0 unspecified atom stereocenters. The predicted molar refractivity (Wildman–Crippen MR) is 121 cm³/mol. The van der Waals surface area contributed by atoms with E-state index in [1.165, 1.54) is 19.3 Å². The van der Waals surface area contributed by atoms with Crippen molar-refractivity contribution in [2.45, 2.75) is 6.54 Å². The van der Waals surface area contributed by atoms with Gasteiger partial charge in [0.1, 0.15) is 0 Å². The summed E-state index contributed by atoms with van der Waals surface area (Å²) in [6.45, 7) is -0.314. The first-order chi connectivity index (χ1) is 14.7. The molecule has 0 spiro atoms. The molecule has 0 saturated carbocycles. The maximum absolute atomic E-state index is 12.8. The molecule has 3 amide bonds. The normalized spacial score (nSPS) is 15.0. The van der Waals surface area contributed by atoms with Gasteiger partial charge in [-0.05, 0) is 53.2 Å². The second-order valence-electron chi connectivity index (χ2n) is 6.31. The molecule has 2 N–H and O–H groups in total. The summed E-state index contributed by atoms with van der Waals surface area (Å²) < 4.78 is 10.5. The van der Waals surface area contributed by atoms with Crippen molar-refractivity contribution in [1.29, 1.82) is 0 Å². The molecule has 2 aromatic carbocycles. The highest BCUT2D eigenvalue weighted by Crippen LogP contribution is 2.39. The molecule has 0 radical (unpaired) electrons. The van der Waals surface area contributed by atoms with Crippen LogP contribution in [0.4, 0.5) is 4.79 Å². The largest absolute Gasteiger partial charge is 0.493 e. The lowest BCUT2D eigenvalue weighted by Gasteiger charge is -2.13. The van der Waals surface area contributed by atoms with Crippen LogP contribution >= 0.6 is 46.6 Å². The smallest absolute Gasteiger partial charge is 0.293 e. The first-order valence-corrected chi connectivity index (χ1v) is 10.6. The van der Waals surface area contributed by atoms with Crippen LogP contribution in [0.3, 0.4) is 0 Å². The van der Waals surface area contributed by atoms with Crippen LogP contribution in [0.1, 0.15) is 11.1 Å². The van der Waals surface area contributed by atoms with E-state index in [9.17, 15) is 14.4 Å². The van der Waals surface area contributed by atoms with E-state index in [1.807, 2.05) is 0 Å². The van der Waals surface area contributed by atoms with Crippen LogP contribution in [0.5, 0.6) is 11.5 Å². The number of thioether (sulfide) groups is 1. The Hall–Kier alpha value is -2.39. The molecule has 0 aliphatic carbocycles. The summed E-state index contributed by atoms with van der Waals surface area (Å²) in [5.74, 6) is -0.731. The fourth-order valence-electron chi connectivity index (χ4n) is 2.71. The van der Waals surface area contributed by atoms with E-state index in [4.69, 9.17) is 50.0 Å². The van der Waals surface area contributed by atoms with Gasteiger partial charge in [0.05, 0.1) is 33.6 Å². The molecular formula is C20H15Cl3N2O5S. The van der Waals surface area contributed by atoms with Crippen LogP contribution in [0.15, 0.2) is 35.2 Å². The van der Waals surface area contributed by atoms with Crippen molar-refractivity contribution in [1.82, 2.24) is 4.90 Å². The van der Waals surface area contributed by atoms with Gasteiger partial charge in [-0.15, -0.1) is 0 Å². The lowest BCUT2D eigenvalue weighted by Crippen LogP contribution is -2.27. The highest BCUT2D eigenvalue weighted by molar-refractivity contribution is 8.18. The van der Waals surface area contributed by atoms with Crippen LogP contribution in [-0.2, 0) is 16.1 Å². The van der Waals surface area contributed by atoms with E-state index in [2.05, 4.69) is 0 Å². The quantitative estimate of drug-likeness (QED) is 0.549. The summed E-state index contributed by atoms with van der Waals surface area (Å²) in [4.78, 5) is 37.4. The van der Waals surface area contributed by atoms with Crippen LogP contribution in [0, 0.1) is 0 Å². The van der Waals surface area contributed by atoms with Crippen molar-refractivity contribution in [2.75, 3.05) is 13.7 Å². The van der Waals surface area contributed by atoms with Gasteiger partial charge in [0.25, 0.3) is 17.1 Å². The van der Waals surface area contributed by atoms with Gasteiger partial charge in [0.2, 0.25) is 0 Å². The number of nitrogens with zero attached hydrogens (tertiary/aromatic N) is 1. The van der Waals surface area contributed by atoms with Gasteiger partial charge in [0.15, 0.2) is 18.1 Å². The van der Waals surface area contributed by atoms with E-state index >= 15 is 0 Å². The highest BCUT2D eigenvalue weighted by atomic mass is 35.5. The zero-order valence-corrected chi connectivity index (χ0v) is 19.1. The van der Waals surface area contributed by atoms with Crippen molar-refractivity contribution in [3.8, 4) is 11.5 Å². The third-order valence-corrected chi connectivity index (χ3v) is 6.03. The number of rotatable bonds is 7. The number of methoxy groups -OCH3 is 1. The number of primary amides is 1. The zero-order chi connectivity index (χ0) is 22.7. The second kappa shape index (κ2) is 9.82. The zero-order valence-electron chi connectivity index (χ0n) is 16.0. The van der Waals surface area contributed by atoms with Crippen molar-refractivity contribution in [3.05, 3.63) is 61.4 Å². The van der Waals surface area contributed by atoms with Gasteiger partial charge in [-0.2, -0.15) is 0 Å². The molecule has 0 aromatic heterocycles. The minimum absolute atomic E-state index is 0.0584. The Kier molecular flexibility index (Phi) is 7.38. The number of halogens is 3. The Labute approximate surface area is 197 Å². The molecule has 1 heterocycles. The highest BCUT2D eigenvalue weighted by Gasteiger charge is 2.35. The average Bonchev–Trinajstić information content (AvgIpc) is 2.96. The third-order valence-electron chi connectivity index (χ3n) is 4.11. The maximum atomic E-state index is 12.8. The first kappa shape index (κ1) is 23.3. The van der Waals surface area contributed by atoms with E-state index in [0.29, 0.717) is 21.2 Å². The number of hydrogen-bond donors (Lipinski definition) is 1. The van der Waals surface area contributed by atoms with Crippen molar-refractivity contribution >= 4 is 69.7 Å². The summed E-state index contributed by atoms with van der Waals surface area (Å²) in [7, 11) is 1.40. The molecule has 3 rings (SSSR count). The molecule has 0 bridgehead atoms. The molecule has 1 aliphatic rings. The predicted octanol–water partition coefficient (Wildman–Crippen LogP) is 4.76. The molecule has 2 aromatic rings. The molecule has 1 saturated heterocycles. The van der Waals surface area contributed by atoms with Crippen LogP contribution < -0.4 is 15.2 Å². The van der Waals surface area contributed by atoms with Crippen molar-refractivity contribution < 1.29 is 23.9 Å². The van der Waals surface area contributed by atoms with Gasteiger partial charge >= 0.3 is 0 Å². The van der Waals surface area contributed by atoms with E-state index in [1.54, 1.807) is 24.3 Å². The van der Waals surface area contributed by atoms with Crippen molar-refractivity contribution in [3.63, 3.8) is 0 Å². The summed E-state index contributed by atoms with van der Waals surface area (Å²) in [6, 6.07) is 7.98. The number of ether oxygens (including phenoxy) is 2. The Bertz CT molecular complexity index is 1110. The fourth-order valence-corrected chi connectivity index (χ4v) is 4.15. The number of carbonyl (C=O) groups excluding carboxylic acids is 3. The molecule has 7 nitrogen and oxygen atoms in total. The average molecular weight is 502 g/mol. The molecule has 31 heavy (non-hydrogen) atoms. The minimum Gasteiger partial charge on any atom is -0.493 e. The second-order valence-corrected chi connectivity index (χ2v) is 8.52. The van der Waals surface area contributed by atoms with Gasteiger partial charge < -0.3 is 15.2 Å². The SMILES string of the molecule is COc1cc(/C=C2\SC(=O)N(Cc3ccc(Cl)c(Cl)c3)C2=O)cc(Cl)c1OCC(N)=O. The van der Waals surface area contributed by atoms with Crippen LogP contribution in [0.2, 0.25) is 15.1 Å². The number of nitrogens with two attached hydrogens (primary N) is 1. The van der Waals surface area contributed by atoms with Gasteiger partial charge in [-0.1, -0.05) is 40.9 Å².